The lowest BCUT2D eigenvalue weighted by Crippen LogP contribution is -2.76. The van der Waals surface area contributed by atoms with Crippen LogP contribution in [0.3, 0.4) is 0 Å². The molecule has 7 rings (SSSR count). The average molecular weight is 487 g/mol. The number of epoxide rings is 1. The van der Waals surface area contributed by atoms with Crippen LogP contribution in [0.1, 0.15) is 58.6 Å². The van der Waals surface area contributed by atoms with E-state index in [1.165, 1.54) is 6.26 Å². The molecule has 9 nitrogen and oxygen atoms in total. The van der Waals surface area contributed by atoms with Crippen LogP contribution >= 0.6 is 0 Å². The number of esters is 2. The van der Waals surface area contributed by atoms with Gasteiger partial charge in [0.2, 0.25) is 0 Å². The van der Waals surface area contributed by atoms with Crippen LogP contribution in [-0.2, 0) is 33.3 Å². The van der Waals surface area contributed by atoms with Crippen molar-refractivity contribution < 1.29 is 42.9 Å². The van der Waals surface area contributed by atoms with Crippen LogP contribution in [0.4, 0.5) is 0 Å². The second-order valence-corrected chi connectivity index (χ2v) is 12.3. The van der Waals surface area contributed by atoms with Gasteiger partial charge < -0.3 is 28.5 Å². The summed E-state index contributed by atoms with van der Waals surface area (Å²) < 4.78 is 29.6. The molecule has 1 aromatic rings. The van der Waals surface area contributed by atoms with Crippen molar-refractivity contribution in [2.45, 2.75) is 82.6 Å². The van der Waals surface area contributed by atoms with Gasteiger partial charge in [-0.05, 0) is 38.7 Å². The first kappa shape index (κ1) is 22.0. The monoisotopic (exact) mass is 486 g/mol. The summed E-state index contributed by atoms with van der Waals surface area (Å²) in [4.78, 5) is 39.6. The summed E-state index contributed by atoms with van der Waals surface area (Å²) in [6, 6.07) is 1.77. The fourth-order valence-corrected chi connectivity index (χ4v) is 9.52. The van der Waals surface area contributed by atoms with Crippen molar-refractivity contribution in [2.75, 3.05) is 6.61 Å². The number of ketones is 1. The normalized spacial score (nSPS) is 53.3. The minimum Gasteiger partial charge on any atom is -0.472 e. The summed E-state index contributed by atoms with van der Waals surface area (Å²) in [5.41, 5.74) is -3.90. The van der Waals surface area contributed by atoms with Crippen LogP contribution in [0.5, 0.6) is 0 Å². The Morgan fingerprint density at radius 2 is 1.83 bits per heavy atom. The lowest BCUT2D eigenvalue weighted by Gasteiger charge is -2.66. The first-order valence-corrected chi connectivity index (χ1v) is 12.4. The second-order valence-electron chi connectivity index (χ2n) is 12.3. The molecule has 4 unspecified atom stereocenters. The van der Waals surface area contributed by atoms with Crippen LogP contribution in [0.2, 0.25) is 0 Å². The molecule has 6 aliphatic rings. The lowest BCUT2D eigenvalue weighted by atomic mass is 9.36. The molecule has 0 amide bonds. The highest BCUT2D eigenvalue weighted by Crippen LogP contribution is 2.80. The highest BCUT2D eigenvalue weighted by molar-refractivity contribution is 5.92. The van der Waals surface area contributed by atoms with Crippen LogP contribution in [0, 0.1) is 28.1 Å². The van der Waals surface area contributed by atoms with Crippen molar-refractivity contribution in [1.82, 2.24) is 0 Å². The maximum atomic E-state index is 14.1. The summed E-state index contributed by atoms with van der Waals surface area (Å²) in [6.07, 6.45) is 1.02. The van der Waals surface area contributed by atoms with Gasteiger partial charge in [0.15, 0.2) is 11.9 Å². The summed E-state index contributed by atoms with van der Waals surface area (Å²) in [6.45, 7) is 7.66. The van der Waals surface area contributed by atoms with Gasteiger partial charge in [0.05, 0.1) is 36.6 Å². The maximum absolute atomic E-state index is 14.1. The van der Waals surface area contributed by atoms with E-state index in [0.717, 1.165) is 5.56 Å². The van der Waals surface area contributed by atoms with Gasteiger partial charge in [-0.3, -0.25) is 9.59 Å². The summed E-state index contributed by atoms with van der Waals surface area (Å²) in [5.74, 6) is -2.09. The number of hydrogen-bond acceptors (Lipinski definition) is 9. The molecule has 9 heteroatoms. The van der Waals surface area contributed by atoms with E-state index in [0.29, 0.717) is 12.8 Å². The third-order valence-electron chi connectivity index (χ3n) is 10.7. The van der Waals surface area contributed by atoms with Gasteiger partial charge in [0, 0.05) is 21.8 Å². The predicted octanol–water partition coefficient (Wildman–Crippen LogP) is 2.11. The molecule has 4 aliphatic heterocycles. The number of aliphatic hydroxyl groups is 1. The van der Waals surface area contributed by atoms with E-state index in [1.54, 1.807) is 12.3 Å². The van der Waals surface area contributed by atoms with Crippen molar-refractivity contribution in [3.63, 3.8) is 0 Å². The first-order valence-electron chi connectivity index (χ1n) is 12.4. The number of carbonyl (C=O) groups excluding carboxylic acids is 3. The minimum absolute atomic E-state index is 0.0520. The fraction of sp³-hybridized carbons (Fsp3) is 0.731. The van der Waals surface area contributed by atoms with Crippen molar-refractivity contribution >= 4 is 17.7 Å². The van der Waals surface area contributed by atoms with Gasteiger partial charge in [0.25, 0.3) is 0 Å². The zero-order chi connectivity index (χ0) is 24.8. The molecule has 0 aromatic carbocycles. The van der Waals surface area contributed by atoms with E-state index in [-0.39, 0.29) is 30.7 Å². The zero-order valence-electron chi connectivity index (χ0n) is 20.2. The molecule has 188 valence electrons. The van der Waals surface area contributed by atoms with E-state index in [9.17, 15) is 19.5 Å². The largest absolute Gasteiger partial charge is 0.472 e. The molecule has 0 bridgehead atoms. The number of cyclic esters (lactones) is 2. The number of ether oxygens (including phenoxy) is 4. The standard InChI is InChI=1S/C26H30O9/c1-22(2)17-16(28)18(29)24(4)13(25(17)11-32-15(27)9-14(25)34-22)5-7-23(3)19(12-6-8-31-10-12)33-21(30)20-26(23,24)35-20/h6,8,10,13-14,17-20,29H,5,7,9,11H2,1-4H3/t13?,14-,17?,18-,19?,20+,23?,24-,25-,26+/m0/s1. The summed E-state index contributed by atoms with van der Waals surface area (Å²) in [7, 11) is 0. The highest BCUT2D eigenvalue weighted by Gasteiger charge is 2.90. The molecule has 1 N–H and O–H groups in total. The van der Waals surface area contributed by atoms with E-state index in [1.807, 2.05) is 27.7 Å². The topological polar surface area (TPSA) is 125 Å². The summed E-state index contributed by atoms with van der Waals surface area (Å²) >= 11 is 0. The summed E-state index contributed by atoms with van der Waals surface area (Å²) in [5, 5.41) is 11.8. The van der Waals surface area contributed by atoms with Crippen LogP contribution < -0.4 is 0 Å². The Balaban J connectivity index is 1.43. The highest BCUT2D eigenvalue weighted by atomic mass is 16.7. The van der Waals surface area contributed by atoms with Gasteiger partial charge >= 0.3 is 11.9 Å². The van der Waals surface area contributed by atoms with Gasteiger partial charge in [-0.1, -0.05) is 13.8 Å². The maximum Gasteiger partial charge on any atom is 0.339 e. The zero-order valence-corrected chi connectivity index (χ0v) is 20.2. The average Bonchev–Trinajstić information content (AvgIpc) is 3.26. The van der Waals surface area contributed by atoms with E-state index in [4.69, 9.17) is 23.4 Å². The number of Topliss-reactive ketones (excluding diaryl/α,β-unsaturated/α-hetero) is 1. The molecule has 10 atom stereocenters. The second kappa shape index (κ2) is 6.18. The van der Waals surface area contributed by atoms with E-state index >= 15 is 0 Å². The fourth-order valence-electron chi connectivity index (χ4n) is 9.52. The van der Waals surface area contributed by atoms with Crippen LogP contribution in [-0.4, -0.2) is 58.9 Å². The van der Waals surface area contributed by atoms with Crippen LogP contribution in [0.15, 0.2) is 23.0 Å². The molecule has 1 aromatic heterocycles. The quantitative estimate of drug-likeness (QED) is 0.469. The molecule has 2 spiro atoms. The number of carbonyl (C=O) groups is 3. The SMILES string of the molecule is CC1(C)O[C@H]2CC(=O)OC[C@@]23C1C(=O)[C@H](O)[C@]1(C)C3CCC2(C)C(c3ccoc3)OC(=O)[C@H]3O[C@]321. The molecule has 2 saturated carbocycles. The Labute approximate surface area is 202 Å². The number of hydrogen-bond donors (Lipinski definition) is 1. The third-order valence-corrected chi connectivity index (χ3v) is 10.7. The van der Waals surface area contributed by atoms with Gasteiger partial charge in [-0.25, -0.2) is 4.79 Å². The number of fused-ring (bicyclic) bond motifs is 1. The Hall–Kier alpha value is -2.23. The minimum atomic E-state index is -1.37. The third kappa shape index (κ3) is 2.14. The molecule has 4 saturated heterocycles. The van der Waals surface area contributed by atoms with Crippen molar-refractivity contribution in [1.29, 1.82) is 0 Å². The Morgan fingerprint density at radius 1 is 1.06 bits per heavy atom. The van der Waals surface area contributed by atoms with Crippen molar-refractivity contribution in [3.05, 3.63) is 24.2 Å². The lowest BCUT2D eigenvalue weighted by molar-refractivity contribution is -0.252. The molecule has 35 heavy (non-hydrogen) atoms. The van der Waals surface area contributed by atoms with Gasteiger partial charge in [-0.2, -0.15) is 0 Å². The molecule has 0 radical (unpaired) electrons. The van der Waals surface area contributed by atoms with Crippen molar-refractivity contribution in [3.8, 4) is 0 Å². The number of furan rings is 1. The molecule has 2 aliphatic carbocycles. The first-order chi connectivity index (χ1) is 16.4. The smallest absolute Gasteiger partial charge is 0.339 e. The molecule has 6 fully saturated rings. The Morgan fingerprint density at radius 3 is 2.54 bits per heavy atom. The Bertz CT molecular complexity index is 1160. The molecule has 5 heterocycles. The van der Waals surface area contributed by atoms with Gasteiger partial charge in [0.1, 0.15) is 24.4 Å². The van der Waals surface area contributed by atoms with Crippen molar-refractivity contribution in [2.24, 2.45) is 28.1 Å². The molecular weight excluding hydrogens is 456 g/mol. The predicted molar refractivity (Wildman–Crippen MR) is 116 cm³/mol. The van der Waals surface area contributed by atoms with Crippen LogP contribution in [0.25, 0.3) is 0 Å². The van der Waals surface area contributed by atoms with Gasteiger partial charge in [-0.15, -0.1) is 0 Å². The molecular formula is C26H30O9. The Kier molecular flexibility index (Phi) is 3.88. The number of aliphatic hydroxyl groups excluding tert-OH is 1. The van der Waals surface area contributed by atoms with E-state index < -0.39 is 63.8 Å². The van der Waals surface area contributed by atoms with E-state index in [2.05, 4.69) is 0 Å². The number of rotatable bonds is 1.